The average Bonchev–Trinajstić information content (AvgIpc) is 2.65. The zero-order valence-electron chi connectivity index (χ0n) is 10.6. The molecule has 1 rings (SSSR count). The van der Waals surface area contributed by atoms with E-state index in [0.29, 0.717) is 0 Å². The number of nitrogens with zero attached hydrogens (tertiary/aromatic N) is 1. The standard InChI is InChI=1S/C12H21NO3/c1-9(11(15)16-12(2,3)4)10(14)13-7-5-6-8-13/h9H,5-8H2,1-4H3. The highest BCUT2D eigenvalue weighted by Gasteiger charge is 2.31. The van der Waals surface area contributed by atoms with Crippen LogP contribution in [0.1, 0.15) is 40.5 Å². The van der Waals surface area contributed by atoms with Crippen molar-refractivity contribution >= 4 is 11.9 Å². The van der Waals surface area contributed by atoms with Crippen molar-refractivity contribution < 1.29 is 14.3 Å². The first-order chi connectivity index (χ1) is 7.31. The van der Waals surface area contributed by atoms with Crippen LogP contribution in [0.3, 0.4) is 0 Å². The Labute approximate surface area is 96.9 Å². The van der Waals surface area contributed by atoms with E-state index in [-0.39, 0.29) is 5.91 Å². The van der Waals surface area contributed by atoms with Gasteiger partial charge in [-0.15, -0.1) is 0 Å². The molecule has 1 aliphatic heterocycles. The van der Waals surface area contributed by atoms with Crippen LogP contribution in [0.5, 0.6) is 0 Å². The first-order valence-corrected chi connectivity index (χ1v) is 5.83. The van der Waals surface area contributed by atoms with Crippen molar-refractivity contribution in [3.05, 3.63) is 0 Å². The second kappa shape index (κ2) is 4.85. The molecule has 0 aromatic heterocycles. The number of hydrogen-bond acceptors (Lipinski definition) is 3. The second-order valence-electron chi connectivity index (χ2n) is 5.29. The summed E-state index contributed by atoms with van der Waals surface area (Å²) in [5.74, 6) is -1.21. The van der Waals surface area contributed by atoms with Gasteiger partial charge < -0.3 is 9.64 Å². The Hall–Kier alpha value is -1.06. The Kier molecular flexibility index (Phi) is 3.94. The lowest BCUT2D eigenvalue weighted by molar-refractivity contribution is -0.163. The molecule has 4 heteroatoms. The van der Waals surface area contributed by atoms with Crippen molar-refractivity contribution in [1.29, 1.82) is 0 Å². The van der Waals surface area contributed by atoms with Gasteiger partial charge in [-0.2, -0.15) is 0 Å². The Balaban J connectivity index is 2.52. The molecule has 1 fully saturated rings. The number of likely N-dealkylation sites (tertiary alicyclic amines) is 1. The highest BCUT2D eigenvalue weighted by atomic mass is 16.6. The highest BCUT2D eigenvalue weighted by Crippen LogP contribution is 2.16. The molecule has 1 amide bonds. The fraction of sp³-hybridized carbons (Fsp3) is 0.833. The minimum absolute atomic E-state index is 0.105. The van der Waals surface area contributed by atoms with Crippen LogP contribution in [0.15, 0.2) is 0 Å². The van der Waals surface area contributed by atoms with E-state index in [1.54, 1.807) is 32.6 Å². The predicted molar refractivity (Wildman–Crippen MR) is 60.8 cm³/mol. The van der Waals surface area contributed by atoms with Crippen LogP contribution in [0, 0.1) is 5.92 Å². The summed E-state index contributed by atoms with van der Waals surface area (Å²) in [6.45, 7) is 8.57. The monoisotopic (exact) mass is 227 g/mol. The van der Waals surface area contributed by atoms with Crippen LogP contribution >= 0.6 is 0 Å². The van der Waals surface area contributed by atoms with Crippen molar-refractivity contribution in [2.75, 3.05) is 13.1 Å². The lowest BCUT2D eigenvalue weighted by Crippen LogP contribution is -2.39. The van der Waals surface area contributed by atoms with Gasteiger partial charge in [0.05, 0.1) is 0 Å². The molecule has 1 aliphatic rings. The lowest BCUT2D eigenvalue weighted by atomic mass is 10.1. The smallest absolute Gasteiger partial charge is 0.318 e. The molecule has 0 spiro atoms. The number of amides is 1. The Morgan fingerprint density at radius 3 is 2.12 bits per heavy atom. The van der Waals surface area contributed by atoms with Crippen LogP contribution in [0.25, 0.3) is 0 Å². The molecule has 4 nitrogen and oxygen atoms in total. The summed E-state index contributed by atoms with van der Waals surface area (Å²) in [5.41, 5.74) is -0.531. The van der Waals surface area contributed by atoms with E-state index in [0.717, 1.165) is 25.9 Å². The van der Waals surface area contributed by atoms with E-state index in [2.05, 4.69) is 0 Å². The molecule has 92 valence electrons. The molecule has 1 atom stereocenters. The number of carbonyl (C=O) groups is 2. The van der Waals surface area contributed by atoms with E-state index in [1.165, 1.54) is 0 Å². The number of rotatable bonds is 2. The van der Waals surface area contributed by atoms with Gasteiger partial charge in [-0.3, -0.25) is 9.59 Å². The largest absolute Gasteiger partial charge is 0.459 e. The molecule has 0 saturated carbocycles. The summed E-state index contributed by atoms with van der Waals surface area (Å²) in [5, 5.41) is 0. The number of ether oxygens (including phenoxy) is 1. The maximum atomic E-state index is 11.9. The maximum Gasteiger partial charge on any atom is 0.318 e. The second-order valence-corrected chi connectivity index (χ2v) is 5.29. The molecule has 0 aromatic rings. The fourth-order valence-electron chi connectivity index (χ4n) is 1.70. The van der Waals surface area contributed by atoms with E-state index in [9.17, 15) is 9.59 Å². The van der Waals surface area contributed by atoms with Gasteiger partial charge in [0.15, 0.2) is 0 Å². The Bertz CT molecular complexity index is 274. The van der Waals surface area contributed by atoms with Crippen molar-refractivity contribution in [2.24, 2.45) is 5.92 Å². The van der Waals surface area contributed by atoms with E-state index in [1.807, 2.05) is 0 Å². The average molecular weight is 227 g/mol. The summed E-state index contributed by atoms with van der Waals surface area (Å²) in [4.78, 5) is 25.3. The topological polar surface area (TPSA) is 46.6 Å². The van der Waals surface area contributed by atoms with Gasteiger partial charge in [-0.1, -0.05) is 0 Å². The van der Waals surface area contributed by atoms with Crippen LogP contribution in [-0.2, 0) is 14.3 Å². The minimum Gasteiger partial charge on any atom is -0.459 e. The molecule has 0 N–H and O–H groups in total. The third-order valence-corrected chi connectivity index (χ3v) is 2.55. The summed E-state index contributed by atoms with van der Waals surface area (Å²) in [6.07, 6.45) is 2.07. The molecule has 0 aliphatic carbocycles. The zero-order chi connectivity index (χ0) is 12.3. The van der Waals surface area contributed by atoms with Crippen LogP contribution in [0.2, 0.25) is 0 Å². The van der Waals surface area contributed by atoms with Crippen molar-refractivity contribution in [3.63, 3.8) is 0 Å². The normalized spacial score (nSPS) is 18.4. The number of hydrogen-bond donors (Lipinski definition) is 0. The molecular formula is C12H21NO3. The van der Waals surface area contributed by atoms with Crippen LogP contribution in [0.4, 0.5) is 0 Å². The molecule has 1 unspecified atom stereocenters. The summed E-state index contributed by atoms with van der Waals surface area (Å²) in [6, 6.07) is 0. The third-order valence-electron chi connectivity index (χ3n) is 2.55. The molecule has 0 aromatic carbocycles. The molecular weight excluding hydrogens is 206 g/mol. The van der Waals surface area contributed by atoms with Gasteiger partial charge in [-0.05, 0) is 40.5 Å². The van der Waals surface area contributed by atoms with E-state index < -0.39 is 17.5 Å². The minimum atomic E-state index is -0.683. The highest BCUT2D eigenvalue weighted by molar-refractivity contribution is 5.97. The lowest BCUT2D eigenvalue weighted by Gasteiger charge is -2.24. The quantitative estimate of drug-likeness (QED) is 0.531. The summed E-state index contributed by atoms with van der Waals surface area (Å²) in [7, 11) is 0. The SMILES string of the molecule is CC(C(=O)OC(C)(C)C)C(=O)N1CCCC1. The zero-order valence-corrected chi connectivity index (χ0v) is 10.6. The van der Waals surface area contributed by atoms with Crippen molar-refractivity contribution in [1.82, 2.24) is 4.90 Å². The number of carbonyl (C=O) groups excluding carboxylic acids is 2. The summed E-state index contributed by atoms with van der Waals surface area (Å²) >= 11 is 0. The first kappa shape index (κ1) is 13.0. The Morgan fingerprint density at radius 1 is 1.19 bits per heavy atom. The molecule has 1 heterocycles. The van der Waals surface area contributed by atoms with Gasteiger partial charge in [-0.25, -0.2) is 0 Å². The van der Waals surface area contributed by atoms with Crippen molar-refractivity contribution in [2.45, 2.75) is 46.1 Å². The first-order valence-electron chi connectivity index (χ1n) is 5.83. The van der Waals surface area contributed by atoms with Crippen LogP contribution < -0.4 is 0 Å². The van der Waals surface area contributed by atoms with Gasteiger partial charge >= 0.3 is 5.97 Å². The molecule has 0 bridgehead atoms. The molecule has 0 radical (unpaired) electrons. The van der Waals surface area contributed by atoms with E-state index in [4.69, 9.17) is 4.74 Å². The van der Waals surface area contributed by atoms with Gasteiger partial charge in [0.2, 0.25) is 5.91 Å². The Morgan fingerprint density at radius 2 is 1.69 bits per heavy atom. The van der Waals surface area contributed by atoms with Gasteiger partial charge in [0, 0.05) is 13.1 Å². The van der Waals surface area contributed by atoms with Crippen molar-refractivity contribution in [3.8, 4) is 0 Å². The van der Waals surface area contributed by atoms with Gasteiger partial charge in [0.1, 0.15) is 11.5 Å². The molecule has 16 heavy (non-hydrogen) atoms. The van der Waals surface area contributed by atoms with Crippen LogP contribution in [-0.4, -0.2) is 35.5 Å². The third kappa shape index (κ3) is 3.51. The molecule has 1 saturated heterocycles. The predicted octanol–water partition coefficient (Wildman–Crippen LogP) is 1.59. The maximum absolute atomic E-state index is 11.9. The summed E-state index contributed by atoms with van der Waals surface area (Å²) < 4.78 is 5.19. The number of esters is 1. The fourth-order valence-corrected chi connectivity index (χ4v) is 1.70. The van der Waals surface area contributed by atoms with Gasteiger partial charge in [0.25, 0.3) is 0 Å². The van der Waals surface area contributed by atoms with E-state index >= 15 is 0 Å².